The number of carbonyl (C=O) groups is 2. The molecule has 0 saturated heterocycles. The molecule has 0 fully saturated rings. The monoisotopic (exact) mass is 462 g/mol. The Morgan fingerprint density at radius 2 is 1.71 bits per heavy atom. The minimum Gasteiger partial charge on any atom is -0.355 e. The number of likely N-dealkylation sites (N-methyl/N-ethyl adjacent to an activating group) is 1. The van der Waals surface area contributed by atoms with Gasteiger partial charge in [0.2, 0.25) is 11.8 Å². The molecule has 0 bridgehead atoms. The molecule has 2 aromatic carbocycles. The Labute approximate surface area is 195 Å². The van der Waals surface area contributed by atoms with Crippen LogP contribution in [0.15, 0.2) is 42.5 Å². The maximum Gasteiger partial charge on any atom is 0.242 e. The number of aryl methyl sites for hydroxylation is 1. The second-order valence-electron chi connectivity index (χ2n) is 7.97. The van der Waals surface area contributed by atoms with Crippen LogP contribution in [0, 0.1) is 0 Å². The number of rotatable bonds is 10. The number of carbonyl (C=O) groups excluding carboxylic acids is 2. The zero-order valence-corrected chi connectivity index (χ0v) is 20.3. The highest BCUT2D eigenvalue weighted by atomic mass is 35.5. The fourth-order valence-electron chi connectivity index (χ4n) is 3.51. The zero-order valence-electron chi connectivity index (χ0n) is 18.8. The van der Waals surface area contributed by atoms with Crippen molar-refractivity contribution in [2.24, 2.45) is 0 Å². The highest BCUT2D eigenvalue weighted by Crippen LogP contribution is 2.24. The largest absolute Gasteiger partial charge is 0.355 e. The number of amides is 2. The van der Waals surface area contributed by atoms with Crippen LogP contribution >= 0.6 is 23.2 Å². The molecule has 1 N–H and O–H groups in total. The molecule has 0 unspecified atom stereocenters. The van der Waals surface area contributed by atoms with E-state index in [1.54, 1.807) is 23.1 Å². The van der Waals surface area contributed by atoms with Gasteiger partial charge in [-0.25, -0.2) is 0 Å². The van der Waals surface area contributed by atoms with Crippen LogP contribution in [0.4, 0.5) is 0 Å². The van der Waals surface area contributed by atoms with Crippen molar-refractivity contribution in [2.45, 2.75) is 65.5 Å². The summed E-state index contributed by atoms with van der Waals surface area (Å²) in [6, 6.07) is 13.0. The van der Waals surface area contributed by atoms with E-state index in [9.17, 15) is 9.59 Å². The molecular weight excluding hydrogens is 431 g/mol. The van der Waals surface area contributed by atoms with E-state index in [1.165, 1.54) is 5.56 Å². The molecule has 0 aliphatic heterocycles. The Hall–Kier alpha value is -2.04. The van der Waals surface area contributed by atoms with E-state index in [2.05, 4.69) is 43.4 Å². The van der Waals surface area contributed by atoms with Crippen LogP contribution in [0.1, 0.15) is 63.1 Å². The van der Waals surface area contributed by atoms with Crippen LogP contribution < -0.4 is 5.32 Å². The van der Waals surface area contributed by atoms with Gasteiger partial charge in [-0.05, 0) is 54.5 Å². The molecule has 1 atom stereocenters. The van der Waals surface area contributed by atoms with Gasteiger partial charge in [-0.1, -0.05) is 74.3 Å². The van der Waals surface area contributed by atoms with Crippen molar-refractivity contribution < 1.29 is 9.59 Å². The Morgan fingerprint density at radius 1 is 1.03 bits per heavy atom. The first-order valence-corrected chi connectivity index (χ1v) is 11.6. The molecule has 2 aromatic rings. The molecule has 31 heavy (non-hydrogen) atoms. The number of halogens is 2. The third-order valence-corrected chi connectivity index (χ3v) is 5.95. The van der Waals surface area contributed by atoms with E-state index in [4.69, 9.17) is 23.2 Å². The molecule has 4 nitrogen and oxygen atoms in total. The smallest absolute Gasteiger partial charge is 0.242 e. The summed E-state index contributed by atoms with van der Waals surface area (Å²) in [7, 11) is 0. The molecule has 0 radical (unpaired) electrons. The third kappa shape index (κ3) is 7.26. The van der Waals surface area contributed by atoms with Gasteiger partial charge in [0.15, 0.2) is 0 Å². The van der Waals surface area contributed by atoms with Gasteiger partial charge < -0.3 is 10.2 Å². The van der Waals surface area contributed by atoms with Gasteiger partial charge in [0.05, 0.1) is 0 Å². The van der Waals surface area contributed by atoms with Gasteiger partial charge in [0, 0.05) is 29.6 Å². The Kier molecular flexibility index (Phi) is 9.86. The summed E-state index contributed by atoms with van der Waals surface area (Å²) in [6.45, 7) is 8.87. The van der Waals surface area contributed by atoms with Crippen molar-refractivity contribution in [2.75, 3.05) is 6.54 Å². The highest BCUT2D eigenvalue weighted by Gasteiger charge is 2.28. The maximum atomic E-state index is 13.3. The average Bonchev–Trinajstić information content (AvgIpc) is 2.73. The lowest BCUT2D eigenvalue weighted by atomic mass is 10.00. The van der Waals surface area contributed by atoms with Crippen LogP contribution in [0.2, 0.25) is 10.0 Å². The Morgan fingerprint density at radius 3 is 2.26 bits per heavy atom. The van der Waals surface area contributed by atoms with Gasteiger partial charge >= 0.3 is 0 Å². The molecule has 0 spiro atoms. The Balaban J connectivity index is 2.20. The summed E-state index contributed by atoms with van der Waals surface area (Å²) in [4.78, 5) is 27.6. The zero-order chi connectivity index (χ0) is 23.0. The predicted octanol–water partition coefficient (Wildman–Crippen LogP) is 5.99. The fourth-order valence-corrected chi connectivity index (χ4v) is 3.98. The van der Waals surface area contributed by atoms with Gasteiger partial charge in [-0.15, -0.1) is 0 Å². The molecular formula is C25H32Cl2N2O2. The summed E-state index contributed by atoms with van der Waals surface area (Å²) in [5.41, 5.74) is 3.15. The second kappa shape index (κ2) is 12.1. The molecule has 0 aliphatic rings. The molecule has 2 rings (SSSR count). The van der Waals surface area contributed by atoms with Crippen LogP contribution in [0.3, 0.4) is 0 Å². The highest BCUT2D eigenvalue weighted by molar-refractivity contribution is 6.35. The van der Waals surface area contributed by atoms with E-state index < -0.39 is 6.04 Å². The molecule has 6 heteroatoms. The van der Waals surface area contributed by atoms with Crippen LogP contribution in [-0.2, 0) is 22.6 Å². The Bertz CT molecular complexity index is 882. The minimum absolute atomic E-state index is 0.0722. The first-order chi connectivity index (χ1) is 14.8. The van der Waals surface area contributed by atoms with Crippen molar-refractivity contribution >= 4 is 35.0 Å². The van der Waals surface area contributed by atoms with E-state index in [1.807, 2.05) is 13.8 Å². The van der Waals surface area contributed by atoms with E-state index in [-0.39, 0.29) is 18.4 Å². The molecule has 0 heterocycles. The number of hydrogen-bond donors (Lipinski definition) is 1. The molecule has 0 aromatic heterocycles. The first-order valence-electron chi connectivity index (χ1n) is 10.9. The fraction of sp³-hybridized carbons (Fsp3) is 0.440. The summed E-state index contributed by atoms with van der Waals surface area (Å²) >= 11 is 12.4. The quantitative estimate of drug-likeness (QED) is 0.470. The van der Waals surface area contributed by atoms with Crippen LogP contribution in [-0.4, -0.2) is 29.3 Å². The number of nitrogens with one attached hydrogen (secondary N) is 1. The van der Waals surface area contributed by atoms with Crippen LogP contribution in [0.5, 0.6) is 0 Å². The predicted molar refractivity (Wildman–Crippen MR) is 129 cm³/mol. The summed E-state index contributed by atoms with van der Waals surface area (Å²) in [5.74, 6) is 0.250. The number of hydrogen-bond acceptors (Lipinski definition) is 2. The average molecular weight is 463 g/mol. The minimum atomic E-state index is -0.553. The third-order valence-electron chi connectivity index (χ3n) is 5.37. The number of nitrogens with zero attached hydrogens (tertiary/aromatic N) is 1. The standard InChI is InChI=1S/C25H32Cl2N2O2/c1-5-23(25(31)28-6-2)29(16-20-12-13-21(26)15-22(20)27)24(30)14-9-18-7-10-19(11-8-18)17(3)4/h7-8,10-13,15,17,23H,5-6,9,14,16H2,1-4H3,(H,28,31)/t23-/m1/s1. The topological polar surface area (TPSA) is 49.4 Å². The van der Waals surface area contributed by atoms with E-state index in [0.717, 1.165) is 11.1 Å². The van der Waals surface area contributed by atoms with Crippen molar-refractivity contribution in [1.29, 1.82) is 0 Å². The lowest BCUT2D eigenvalue weighted by molar-refractivity contribution is -0.141. The lowest BCUT2D eigenvalue weighted by Gasteiger charge is -2.31. The van der Waals surface area contributed by atoms with Gasteiger partial charge in [0.1, 0.15) is 6.04 Å². The van der Waals surface area contributed by atoms with E-state index >= 15 is 0 Å². The van der Waals surface area contributed by atoms with Gasteiger partial charge in [-0.3, -0.25) is 9.59 Å². The lowest BCUT2D eigenvalue weighted by Crippen LogP contribution is -2.49. The summed E-state index contributed by atoms with van der Waals surface area (Å²) in [5, 5.41) is 3.87. The first kappa shape index (κ1) is 25.2. The molecule has 168 valence electrons. The van der Waals surface area contributed by atoms with Crippen molar-refractivity contribution in [3.8, 4) is 0 Å². The van der Waals surface area contributed by atoms with Crippen molar-refractivity contribution in [3.05, 3.63) is 69.2 Å². The van der Waals surface area contributed by atoms with Crippen molar-refractivity contribution in [1.82, 2.24) is 10.2 Å². The second-order valence-corrected chi connectivity index (χ2v) is 8.82. The number of benzene rings is 2. The van der Waals surface area contributed by atoms with Crippen molar-refractivity contribution in [3.63, 3.8) is 0 Å². The molecule has 0 aliphatic carbocycles. The summed E-state index contributed by atoms with van der Waals surface area (Å²) < 4.78 is 0. The summed E-state index contributed by atoms with van der Waals surface area (Å²) in [6.07, 6.45) is 1.46. The van der Waals surface area contributed by atoms with Gasteiger partial charge in [0.25, 0.3) is 0 Å². The van der Waals surface area contributed by atoms with Crippen LogP contribution in [0.25, 0.3) is 0 Å². The van der Waals surface area contributed by atoms with Gasteiger partial charge in [-0.2, -0.15) is 0 Å². The molecule has 2 amide bonds. The molecule has 0 saturated carbocycles. The SMILES string of the molecule is CCNC(=O)[C@@H](CC)N(Cc1ccc(Cl)cc1Cl)C(=O)CCc1ccc(C(C)C)cc1. The van der Waals surface area contributed by atoms with E-state index in [0.29, 0.717) is 41.8 Å². The maximum absolute atomic E-state index is 13.3. The normalized spacial score (nSPS) is 12.0.